The Morgan fingerprint density at radius 2 is 2.21 bits per heavy atom. The molecule has 0 aromatic carbocycles. The maximum atomic E-state index is 3.56. The summed E-state index contributed by atoms with van der Waals surface area (Å²) in [6.45, 7) is 2.28. The molecular weight excluding hydrogens is 196 g/mol. The van der Waals surface area contributed by atoms with Gasteiger partial charge in [-0.15, -0.1) is 12.4 Å². The van der Waals surface area contributed by atoms with Gasteiger partial charge < -0.3 is 10.6 Å². The predicted octanol–water partition coefficient (Wildman–Crippen LogP) is 1.37. The minimum absolute atomic E-state index is 0. The van der Waals surface area contributed by atoms with Gasteiger partial charge in [-0.1, -0.05) is 24.3 Å². The Balaban J connectivity index is 0.000000750. The van der Waals surface area contributed by atoms with Crippen LogP contribution in [0.15, 0.2) is 35.6 Å². The lowest BCUT2D eigenvalue weighted by molar-refractivity contribution is 0.499. The average Bonchev–Trinajstić information content (AvgIpc) is 2.65. The van der Waals surface area contributed by atoms with Crippen LogP contribution in [0.25, 0.3) is 0 Å². The number of rotatable bonds is 0. The normalized spacial score (nSPS) is 33.1. The third-order valence-corrected chi connectivity index (χ3v) is 3.14. The van der Waals surface area contributed by atoms with Crippen LogP contribution in [0.2, 0.25) is 0 Å². The molecule has 2 nitrogen and oxygen atoms in total. The SMILES string of the molecule is C1=CC2=C3NCCC3CNC2C=C1.Cl. The van der Waals surface area contributed by atoms with Gasteiger partial charge in [0, 0.05) is 24.7 Å². The Morgan fingerprint density at radius 1 is 1.29 bits per heavy atom. The first kappa shape index (κ1) is 9.81. The summed E-state index contributed by atoms with van der Waals surface area (Å²) in [5.74, 6) is 0.738. The molecule has 2 heterocycles. The molecule has 3 aliphatic rings. The topological polar surface area (TPSA) is 24.1 Å². The molecule has 1 fully saturated rings. The third kappa shape index (κ3) is 1.39. The van der Waals surface area contributed by atoms with E-state index in [1.165, 1.54) is 17.7 Å². The second kappa shape index (κ2) is 3.79. The van der Waals surface area contributed by atoms with Crippen LogP contribution in [0, 0.1) is 5.92 Å². The highest BCUT2D eigenvalue weighted by atomic mass is 35.5. The van der Waals surface area contributed by atoms with Crippen LogP contribution in [-0.4, -0.2) is 19.1 Å². The minimum Gasteiger partial charge on any atom is -0.388 e. The summed E-state index contributed by atoms with van der Waals surface area (Å²) in [5, 5.41) is 7.07. The zero-order valence-corrected chi connectivity index (χ0v) is 8.81. The van der Waals surface area contributed by atoms with Crippen molar-refractivity contribution in [1.29, 1.82) is 0 Å². The van der Waals surface area contributed by atoms with E-state index in [4.69, 9.17) is 0 Å². The maximum absolute atomic E-state index is 3.56. The molecule has 0 spiro atoms. The van der Waals surface area contributed by atoms with Crippen molar-refractivity contribution in [3.8, 4) is 0 Å². The molecule has 0 aromatic heterocycles. The Labute approximate surface area is 90.6 Å². The smallest absolute Gasteiger partial charge is 0.0526 e. The Morgan fingerprint density at radius 3 is 3.14 bits per heavy atom. The molecular formula is C11H15ClN2. The summed E-state index contributed by atoms with van der Waals surface area (Å²) in [4.78, 5) is 0. The lowest BCUT2D eigenvalue weighted by atomic mass is 9.90. The third-order valence-electron chi connectivity index (χ3n) is 3.14. The highest BCUT2D eigenvalue weighted by Crippen LogP contribution is 2.29. The number of hydrogen-bond donors (Lipinski definition) is 2. The van der Waals surface area contributed by atoms with Crippen LogP contribution in [0.3, 0.4) is 0 Å². The number of nitrogens with one attached hydrogen (secondary N) is 2. The summed E-state index contributed by atoms with van der Waals surface area (Å²) < 4.78 is 0. The fourth-order valence-electron chi connectivity index (χ4n) is 2.46. The fourth-order valence-corrected chi connectivity index (χ4v) is 2.46. The van der Waals surface area contributed by atoms with E-state index in [-0.39, 0.29) is 12.4 Å². The summed E-state index contributed by atoms with van der Waals surface area (Å²) >= 11 is 0. The van der Waals surface area contributed by atoms with E-state index in [2.05, 4.69) is 34.9 Å². The van der Waals surface area contributed by atoms with Crippen molar-refractivity contribution in [3.63, 3.8) is 0 Å². The van der Waals surface area contributed by atoms with E-state index in [9.17, 15) is 0 Å². The highest BCUT2D eigenvalue weighted by molar-refractivity contribution is 5.85. The molecule has 2 N–H and O–H groups in total. The molecule has 0 amide bonds. The largest absolute Gasteiger partial charge is 0.388 e. The molecule has 0 radical (unpaired) electrons. The molecule has 1 aliphatic carbocycles. The van der Waals surface area contributed by atoms with Gasteiger partial charge in [0.25, 0.3) is 0 Å². The average molecular weight is 211 g/mol. The standard InChI is InChI=1S/C11H14N2.ClH/c1-2-4-10-9(3-1)11-8(7-13-10)5-6-12-11;/h1-4,8,10,12-13H,5-7H2;1H. The molecule has 2 atom stereocenters. The van der Waals surface area contributed by atoms with E-state index >= 15 is 0 Å². The molecule has 76 valence electrons. The zero-order chi connectivity index (χ0) is 8.67. The van der Waals surface area contributed by atoms with Gasteiger partial charge >= 0.3 is 0 Å². The molecule has 0 bridgehead atoms. The number of fused-ring (bicyclic) bond motifs is 2. The second-order valence-electron chi connectivity index (χ2n) is 3.91. The first-order valence-electron chi connectivity index (χ1n) is 5.01. The van der Waals surface area contributed by atoms with Crippen LogP contribution >= 0.6 is 12.4 Å². The summed E-state index contributed by atoms with van der Waals surface area (Å²) in [5.41, 5.74) is 2.94. The first-order valence-corrected chi connectivity index (χ1v) is 5.01. The molecule has 0 saturated carbocycles. The van der Waals surface area contributed by atoms with Crippen molar-refractivity contribution in [2.75, 3.05) is 13.1 Å². The van der Waals surface area contributed by atoms with E-state index in [1.807, 2.05) is 0 Å². The van der Waals surface area contributed by atoms with Gasteiger partial charge in [-0.3, -0.25) is 0 Å². The Hall–Kier alpha value is -0.730. The van der Waals surface area contributed by atoms with Gasteiger partial charge in [0.15, 0.2) is 0 Å². The molecule has 1 saturated heterocycles. The maximum Gasteiger partial charge on any atom is 0.0526 e. The lowest BCUT2D eigenvalue weighted by Crippen LogP contribution is -2.40. The van der Waals surface area contributed by atoms with E-state index < -0.39 is 0 Å². The van der Waals surface area contributed by atoms with Crippen LogP contribution in [0.4, 0.5) is 0 Å². The summed E-state index contributed by atoms with van der Waals surface area (Å²) in [6.07, 6.45) is 10.0. The number of allylic oxidation sites excluding steroid dienone is 2. The lowest BCUT2D eigenvalue weighted by Gasteiger charge is -2.29. The van der Waals surface area contributed by atoms with Gasteiger partial charge in [0.05, 0.1) is 6.04 Å². The fraction of sp³-hybridized carbons (Fsp3) is 0.455. The Bertz CT molecular complexity index is 317. The Kier molecular flexibility index (Phi) is 2.66. The van der Waals surface area contributed by atoms with Crippen LogP contribution < -0.4 is 10.6 Å². The quantitative estimate of drug-likeness (QED) is 0.631. The van der Waals surface area contributed by atoms with Crippen molar-refractivity contribution in [2.24, 2.45) is 5.92 Å². The van der Waals surface area contributed by atoms with Gasteiger partial charge in [-0.25, -0.2) is 0 Å². The number of halogens is 1. The van der Waals surface area contributed by atoms with Gasteiger partial charge in [-0.05, 0) is 12.0 Å². The van der Waals surface area contributed by atoms with Crippen LogP contribution in [0.1, 0.15) is 6.42 Å². The van der Waals surface area contributed by atoms with Gasteiger partial charge in [0.1, 0.15) is 0 Å². The van der Waals surface area contributed by atoms with Crippen molar-refractivity contribution >= 4 is 12.4 Å². The summed E-state index contributed by atoms with van der Waals surface area (Å²) in [7, 11) is 0. The summed E-state index contributed by atoms with van der Waals surface area (Å²) in [6, 6.07) is 0.460. The molecule has 0 aromatic rings. The van der Waals surface area contributed by atoms with Gasteiger partial charge in [-0.2, -0.15) is 0 Å². The van der Waals surface area contributed by atoms with Crippen molar-refractivity contribution in [2.45, 2.75) is 12.5 Å². The van der Waals surface area contributed by atoms with E-state index in [0.29, 0.717) is 6.04 Å². The van der Waals surface area contributed by atoms with E-state index in [0.717, 1.165) is 19.0 Å². The van der Waals surface area contributed by atoms with Crippen LogP contribution in [-0.2, 0) is 0 Å². The monoisotopic (exact) mass is 210 g/mol. The molecule has 2 aliphatic heterocycles. The zero-order valence-electron chi connectivity index (χ0n) is 7.99. The van der Waals surface area contributed by atoms with Gasteiger partial charge in [0.2, 0.25) is 0 Å². The van der Waals surface area contributed by atoms with E-state index in [1.54, 1.807) is 0 Å². The first-order chi connectivity index (χ1) is 6.45. The van der Waals surface area contributed by atoms with Crippen LogP contribution in [0.5, 0.6) is 0 Å². The molecule has 2 unspecified atom stereocenters. The predicted molar refractivity (Wildman–Crippen MR) is 60.5 cm³/mol. The molecule has 14 heavy (non-hydrogen) atoms. The number of hydrogen-bond acceptors (Lipinski definition) is 2. The molecule has 3 heteroatoms. The highest BCUT2D eigenvalue weighted by Gasteiger charge is 2.30. The van der Waals surface area contributed by atoms with Crippen molar-refractivity contribution < 1.29 is 0 Å². The van der Waals surface area contributed by atoms with Crippen molar-refractivity contribution in [1.82, 2.24) is 10.6 Å². The van der Waals surface area contributed by atoms with Crippen molar-refractivity contribution in [3.05, 3.63) is 35.6 Å². The molecule has 3 rings (SSSR count). The second-order valence-corrected chi connectivity index (χ2v) is 3.91. The minimum atomic E-state index is 0.